The predicted molar refractivity (Wildman–Crippen MR) is 113 cm³/mol. The number of carbonyl (C=O) groups excluding carboxylic acids is 1. The van der Waals surface area contributed by atoms with Crippen LogP contribution in [0.3, 0.4) is 0 Å². The Morgan fingerprint density at radius 3 is 2.81 bits per heavy atom. The van der Waals surface area contributed by atoms with Crippen molar-refractivity contribution in [2.24, 2.45) is 0 Å². The number of rotatable bonds is 9. The predicted octanol–water partition coefficient (Wildman–Crippen LogP) is 3.70. The number of thiophene rings is 1. The molecule has 3 rings (SSSR count). The summed E-state index contributed by atoms with van der Waals surface area (Å²) < 4.78 is 2.19. The molecular formula is C19H23N5OS2. The van der Waals surface area contributed by atoms with Crippen molar-refractivity contribution in [2.75, 3.05) is 24.5 Å². The lowest BCUT2D eigenvalue weighted by Crippen LogP contribution is -2.32. The summed E-state index contributed by atoms with van der Waals surface area (Å²) in [6, 6.07) is 14.2. The van der Waals surface area contributed by atoms with E-state index in [1.165, 1.54) is 5.69 Å². The highest BCUT2D eigenvalue weighted by Crippen LogP contribution is 2.22. The molecule has 0 spiro atoms. The summed E-state index contributed by atoms with van der Waals surface area (Å²) in [7, 11) is 0. The first-order chi connectivity index (χ1) is 13.2. The molecule has 2 aromatic heterocycles. The lowest BCUT2D eigenvalue weighted by Gasteiger charge is -2.23. The van der Waals surface area contributed by atoms with Crippen LogP contribution in [0.2, 0.25) is 0 Å². The Kier molecular flexibility index (Phi) is 6.78. The van der Waals surface area contributed by atoms with E-state index in [0.717, 1.165) is 24.4 Å². The number of anilines is 1. The van der Waals surface area contributed by atoms with Crippen molar-refractivity contribution in [3.8, 4) is 10.7 Å². The number of nitrogens with zero attached hydrogens (tertiary/aromatic N) is 3. The van der Waals surface area contributed by atoms with E-state index in [9.17, 15) is 4.79 Å². The summed E-state index contributed by atoms with van der Waals surface area (Å²) in [5.41, 5.74) is 1.21. The van der Waals surface area contributed by atoms with Gasteiger partial charge < -0.3 is 10.2 Å². The maximum absolute atomic E-state index is 12.3. The molecule has 0 aliphatic heterocycles. The Labute approximate surface area is 167 Å². The number of para-hydroxylation sites is 1. The summed E-state index contributed by atoms with van der Waals surface area (Å²) in [5.74, 6) is 0.638. The first kappa shape index (κ1) is 19.3. The fourth-order valence-corrected chi connectivity index (χ4v) is 3.78. The molecule has 0 bridgehead atoms. The summed E-state index contributed by atoms with van der Waals surface area (Å²) in [5, 5.41) is 12.0. The van der Waals surface area contributed by atoms with Gasteiger partial charge in [0.15, 0.2) is 10.6 Å². The van der Waals surface area contributed by atoms with Crippen LogP contribution in [0.15, 0.2) is 47.8 Å². The van der Waals surface area contributed by atoms with E-state index in [4.69, 9.17) is 12.2 Å². The lowest BCUT2D eigenvalue weighted by molar-refractivity contribution is -0.121. The van der Waals surface area contributed by atoms with Gasteiger partial charge in [0.1, 0.15) is 6.54 Å². The van der Waals surface area contributed by atoms with Crippen molar-refractivity contribution in [2.45, 2.75) is 19.9 Å². The number of benzene rings is 1. The average Bonchev–Trinajstić information content (AvgIpc) is 3.33. The van der Waals surface area contributed by atoms with Gasteiger partial charge in [-0.05, 0) is 49.1 Å². The fraction of sp³-hybridized carbons (Fsp3) is 0.316. The molecule has 0 radical (unpaired) electrons. The van der Waals surface area contributed by atoms with E-state index in [-0.39, 0.29) is 12.5 Å². The molecule has 3 aromatic rings. The Bertz CT molecular complexity index is 902. The van der Waals surface area contributed by atoms with Crippen molar-refractivity contribution in [1.82, 2.24) is 20.1 Å². The van der Waals surface area contributed by atoms with E-state index in [1.807, 2.05) is 35.7 Å². The van der Waals surface area contributed by atoms with Crippen LogP contribution < -0.4 is 10.2 Å². The maximum Gasteiger partial charge on any atom is 0.240 e. The van der Waals surface area contributed by atoms with Crippen LogP contribution in [0.4, 0.5) is 5.69 Å². The molecule has 0 atom stereocenters. The van der Waals surface area contributed by atoms with Crippen LogP contribution in [-0.2, 0) is 11.3 Å². The number of amides is 1. The standard InChI is InChI=1S/C19H23N5OS2/c1-2-23(15-8-4-3-5-9-15)12-7-11-20-17(25)14-24-18(21-22-19(24)26)16-10-6-13-27-16/h3-6,8-10,13H,2,7,11-12,14H2,1H3,(H,20,25)(H,22,26). The van der Waals surface area contributed by atoms with Gasteiger partial charge in [0.2, 0.25) is 5.91 Å². The van der Waals surface area contributed by atoms with Gasteiger partial charge in [-0.15, -0.1) is 11.3 Å². The van der Waals surface area contributed by atoms with E-state index >= 15 is 0 Å². The molecule has 27 heavy (non-hydrogen) atoms. The highest BCUT2D eigenvalue weighted by atomic mass is 32.1. The first-order valence-corrected chi connectivity index (χ1v) is 10.2. The molecule has 0 saturated carbocycles. The van der Waals surface area contributed by atoms with E-state index < -0.39 is 0 Å². The SMILES string of the molecule is CCN(CCCNC(=O)Cn1c(-c2cccs2)n[nH]c1=S)c1ccccc1. The van der Waals surface area contributed by atoms with Gasteiger partial charge in [-0.1, -0.05) is 24.3 Å². The Hall–Kier alpha value is -2.45. The molecule has 0 saturated heterocycles. The molecule has 1 amide bonds. The summed E-state index contributed by atoms with van der Waals surface area (Å²) in [6.45, 7) is 4.76. The molecule has 142 valence electrons. The second-order valence-electron chi connectivity index (χ2n) is 6.03. The van der Waals surface area contributed by atoms with Crippen molar-refractivity contribution in [1.29, 1.82) is 0 Å². The molecule has 6 nitrogen and oxygen atoms in total. The highest BCUT2D eigenvalue weighted by molar-refractivity contribution is 7.71. The molecule has 2 heterocycles. The zero-order valence-electron chi connectivity index (χ0n) is 15.2. The second-order valence-corrected chi connectivity index (χ2v) is 7.37. The molecule has 1 aromatic carbocycles. The van der Waals surface area contributed by atoms with Crippen LogP contribution in [-0.4, -0.2) is 40.3 Å². The van der Waals surface area contributed by atoms with Crippen molar-refractivity contribution >= 4 is 35.1 Å². The smallest absolute Gasteiger partial charge is 0.240 e. The van der Waals surface area contributed by atoms with Crippen molar-refractivity contribution in [3.05, 3.63) is 52.6 Å². The van der Waals surface area contributed by atoms with Crippen molar-refractivity contribution < 1.29 is 4.79 Å². The van der Waals surface area contributed by atoms with E-state index in [0.29, 0.717) is 17.1 Å². The number of aromatic amines is 1. The van der Waals surface area contributed by atoms with Gasteiger partial charge in [0.05, 0.1) is 4.88 Å². The minimum absolute atomic E-state index is 0.0620. The summed E-state index contributed by atoms with van der Waals surface area (Å²) in [6.07, 6.45) is 0.878. The summed E-state index contributed by atoms with van der Waals surface area (Å²) >= 11 is 6.84. The highest BCUT2D eigenvalue weighted by Gasteiger charge is 2.13. The van der Waals surface area contributed by atoms with Gasteiger partial charge >= 0.3 is 0 Å². The average molecular weight is 402 g/mol. The van der Waals surface area contributed by atoms with Gasteiger partial charge in [0, 0.05) is 25.3 Å². The Balaban J connectivity index is 1.50. The van der Waals surface area contributed by atoms with Crippen LogP contribution in [0.1, 0.15) is 13.3 Å². The third-order valence-corrected chi connectivity index (χ3v) is 5.41. The van der Waals surface area contributed by atoms with Crippen LogP contribution in [0, 0.1) is 4.77 Å². The number of aromatic nitrogens is 3. The zero-order chi connectivity index (χ0) is 19.1. The van der Waals surface area contributed by atoms with E-state index in [1.54, 1.807) is 15.9 Å². The topological polar surface area (TPSA) is 66.0 Å². The van der Waals surface area contributed by atoms with Crippen LogP contribution in [0.5, 0.6) is 0 Å². The van der Waals surface area contributed by atoms with E-state index in [2.05, 4.69) is 39.5 Å². The number of H-pyrrole nitrogens is 1. The molecule has 0 aliphatic carbocycles. The number of nitrogens with one attached hydrogen (secondary N) is 2. The number of carbonyl (C=O) groups is 1. The first-order valence-electron chi connectivity index (χ1n) is 8.95. The molecule has 0 aliphatic rings. The Morgan fingerprint density at radius 1 is 1.30 bits per heavy atom. The summed E-state index contributed by atoms with van der Waals surface area (Å²) in [4.78, 5) is 15.6. The normalized spacial score (nSPS) is 10.7. The molecule has 0 unspecified atom stereocenters. The second kappa shape index (κ2) is 9.48. The molecular weight excluding hydrogens is 378 g/mol. The minimum Gasteiger partial charge on any atom is -0.372 e. The lowest BCUT2D eigenvalue weighted by atomic mass is 10.2. The number of hydrogen-bond donors (Lipinski definition) is 2. The Morgan fingerprint density at radius 2 is 2.11 bits per heavy atom. The molecule has 2 N–H and O–H groups in total. The molecule has 8 heteroatoms. The molecule has 0 fully saturated rings. The quantitative estimate of drug-likeness (QED) is 0.424. The van der Waals surface area contributed by atoms with Crippen LogP contribution >= 0.6 is 23.6 Å². The third-order valence-electron chi connectivity index (χ3n) is 4.23. The van der Waals surface area contributed by atoms with Gasteiger partial charge in [0.25, 0.3) is 0 Å². The monoisotopic (exact) mass is 401 g/mol. The van der Waals surface area contributed by atoms with Gasteiger partial charge in [-0.3, -0.25) is 14.5 Å². The zero-order valence-corrected chi connectivity index (χ0v) is 16.9. The minimum atomic E-state index is -0.0620. The van der Waals surface area contributed by atoms with Crippen molar-refractivity contribution in [3.63, 3.8) is 0 Å². The number of hydrogen-bond acceptors (Lipinski definition) is 5. The fourth-order valence-electron chi connectivity index (χ4n) is 2.86. The van der Waals surface area contributed by atoms with Crippen LogP contribution in [0.25, 0.3) is 10.7 Å². The third kappa shape index (κ3) is 5.05. The van der Waals surface area contributed by atoms with Gasteiger partial charge in [-0.2, -0.15) is 5.10 Å². The van der Waals surface area contributed by atoms with Gasteiger partial charge in [-0.25, -0.2) is 0 Å². The largest absolute Gasteiger partial charge is 0.372 e. The maximum atomic E-state index is 12.3.